The Morgan fingerprint density at radius 1 is 1.14 bits per heavy atom. The molecule has 0 saturated carbocycles. The molecule has 1 fully saturated rings. The zero-order chi connectivity index (χ0) is 25.0. The number of alkyl halides is 3. The number of halogens is 3. The Morgan fingerprint density at radius 3 is 2.60 bits per heavy atom. The van der Waals surface area contributed by atoms with Gasteiger partial charge >= 0.3 is 12.1 Å². The zero-order valence-corrected chi connectivity index (χ0v) is 20.0. The van der Waals surface area contributed by atoms with Gasteiger partial charge in [0.05, 0.1) is 33.3 Å². The van der Waals surface area contributed by atoms with Crippen LogP contribution in [-0.2, 0) is 4.79 Å². The lowest BCUT2D eigenvalue weighted by atomic mass is 10.0. The van der Waals surface area contributed by atoms with Crippen molar-refractivity contribution in [1.29, 1.82) is 0 Å². The summed E-state index contributed by atoms with van der Waals surface area (Å²) in [5.74, 6) is -1.90. The minimum Gasteiger partial charge on any atom is -0.370 e. The Kier molecular flexibility index (Phi) is 7.41. The van der Waals surface area contributed by atoms with Crippen LogP contribution in [-0.4, -0.2) is 42.5 Å². The molecule has 0 radical (unpaired) electrons. The summed E-state index contributed by atoms with van der Waals surface area (Å²) < 4.78 is 37.6. The molecule has 12 heteroatoms. The number of aldehydes is 1. The number of amides is 1. The van der Waals surface area contributed by atoms with E-state index in [9.17, 15) is 22.8 Å². The molecule has 1 aromatic carbocycles. The van der Waals surface area contributed by atoms with Crippen LogP contribution in [0.25, 0.3) is 5.70 Å². The zero-order valence-electron chi connectivity index (χ0n) is 18.4. The molecule has 0 unspecified atom stereocenters. The molecule has 3 aromatic rings. The third-order valence-electron chi connectivity index (χ3n) is 5.48. The van der Waals surface area contributed by atoms with Crippen LogP contribution >= 0.6 is 22.7 Å². The van der Waals surface area contributed by atoms with Gasteiger partial charge in [0, 0.05) is 24.5 Å². The molecule has 1 aliphatic heterocycles. The Labute approximate surface area is 207 Å². The molecule has 2 aromatic heterocycles. The first-order chi connectivity index (χ1) is 16.7. The van der Waals surface area contributed by atoms with E-state index in [0.717, 1.165) is 17.7 Å². The highest BCUT2D eigenvalue weighted by Gasteiger charge is 2.40. The van der Waals surface area contributed by atoms with Crippen molar-refractivity contribution in [1.82, 2.24) is 10.3 Å². The summed E-state index contributed by atoms with van der Waals surface area (Å²) in [6.45, 7) is 5.09. The third-order valence-corrected chi connectivity index (χ3v) is 7.08. The van der Waals surface area contributed by atoms with Crippen LogP contribution in [0.4, 0.5) is 35.4 Å². The van der Waals surface area contributed by atoms with Gasteiger partial charge in [-0.2, -0.15) is 13.2 Å². The van der Waals surface area contributed by atoms with Gasteiger partial charge < -0.3 is 20.9 Å². The molecule has 0 bridgehead atoms. The quantitative estimate of drug-likeness (QED) is 0.340. The fourth-order valence-corrected chi connectivity index (χ4v) is 5.10. The second kappa shape index (κ2) is 10.5. The largest absolute Gasteiger partial charge is 0.471 e. The number of piperidine rings is 1. The van der Waals surface area contributed by atoms with E-state index in [0.29, 0.717) is 53.0 Å². The van der Waals surface area contributed by atoms with Crippen molar-refractivity contribution >= 4 is 62.8 Å². The minimum absolute atomic E-state index is 0.406. The molecule has 35 heavy (non-hydrogen) atoms. The van der Waals surface area contributed by atoms with Crippen molar-refractivity contribution in [3.05, 3.63) is 58.2 Å². The average Bonchev–Trinajstić information content (AvgIpc) is 3.49. The lowest BCUT2D eigenvalue weighted by molar-refractivity contribution is -0.174. The van der Waals surface area contributed by atoms with E-state index in [-0.39, 0.29) is 0 Å². The molecule has 7 nitrogen and oxygen atoms in total. The molecular weight excluding hydrogens is 499 g/mol. The van der Waals surface area contributed by atoms with Gasteiger partial charge in [0.1, 0.15) is 0 Å². The van der Waals surface area contributed by atoms with Crippen LogP contribution in [0.15, 0.2) is 47.7 Å². The highest BCUT2D eigenvalue weighted by Crippen LogP contribution is 2.32. The van der Waals surface area contributed by atoms with E-state index < -0.39 is 18.1 Å². The first kappa shape index (κ1) is 24.7. The second-order valence-corrected chi connectivity index (χ2v) is 9.64. The van der Waals surface area contributed by atoms with E-state index in [1.165, 1.54) is 22.7 Å². The number of carbonyl (C=O) groups is 2. The Bertz CT molecular complexity index is 1220. The third kappa shape index (κ3) is 6.01. The molecular formula is C23H22F3N5O2S2. The monoisotopic (exact) mass is 521 g/mol. The molecule has 3 heterocycles. The number of rotatable bonds is 8. The first-order valence-electron chi connectivity index (χ1n) is 10.7. The van der Waals surface area contributed by atoms with Crippen molar-refractivity contribution in [2.45, 2.75) is 25.1 Å². The normalized spacial score (nSPS) is 14.4. The van der Waals surface area contributed by atoms with Gasteiger partial charge in [0.25, 0.3) is 0 Å². The van der Waals surface area contributed by atoms with Gasteiger partial charge in [-0.1, -0.05) is 18.7 Å². The Balaban J connectivity index is 1.38. The first-order valence-corrected chi connectivity index (χ1v) is 12.4. The van der Waals surface area contributed by atoms with E-state index in [1.54, 1.807) is 0 Å². The number of hydrogen-bond donors (Lipinski definition) is 3. The maximum atomic E-state index is 12.5. The lowest BCUT2D eigenvalue weighted by Crippen LogP contribution is -2.48. The number of thiophene rings is 1. The van der Waals surface area contributed by atoms with Crippen molar-refractivity contribution in [3.63, 3.8) is 0 Å². The summed E-state index contributed by atoms with van der Waals surface area (Å²) in [7, 11) is 0. The number of nitrogens with one attached hydrogen (secondary N) is 3. The predicted molar refractivity (Wildman–Crippen MR) is 134 cm³/mol. The van der Waals surface area contributed by atoms with Gasteiger partial charge in [-0.3, -0.25) is 9.59 Å². The van der Waals surface area contributed by atoms with Gasteiger partial charge in [-0.15, -0.1) is 22.7 Å². The van der Waals surface area contributed by atoms with E-state index in [1.807, 2.05) is 41.1 Å². The molecule has 0 spiro atoms. The number of para-hydroxylation sites is 2. The fraction of sp³-hybridized carbons (Fsp3) is 0.261. The molecule has 0 aliphatic carbocycles. The topological polar surface area (TPSA) is 86.4 Å². The van der Waals surface area contributed by atoms with Crippen molar-refractivity contribution in [2.75, 3.05) is 28.6 Å². The van der Waals surface area contributed by atoms with E-state index in [2.05, 4.69) is 32.4 Å². The van der Waals surface area contributed by atoms with Gasteiger partial charge in [0.15, 0.2) is 11.4 Å². The van der Waals surface area contributed by atoms with Crippen LogP contribution in [0.1, 0.15) is 28.2 Å². The highest BCUT2D eigenvalue weighted by atomic mass is 32.1. The average molecular weight is 522 g/mol. The minimum atomic E-state index is -4.88. The van der Waals surface area contributed by atoms with Gasteiger partial charge in [-0.05, 0) is 36.4 Å². The summed E-state index contributed by atoms with van der Waals surface area (Å²) in [6, 6.07) is 8.88. The molecule has 1 aliphatic rings. The summed E-state index contributed by atoms with van der Waals surface area (Å²) >= 11 is 2.73. The Hall–Kier alpha value is -3.38. The standard InChI is InChI=1S/C23H22F3N5O2S2/c1-14(18-13-35-22(30-18)29-17-8-11-34-20(17)12-32)27-16-4-2-3-5-19(16)31-9-6-15(7-10-31)28-21(33)23(24,25)26/h2-5,8,11-13,15,27H,1,6-7,9-10H2,(H,28,33)(H,29,30). The number of nitrogens with zero attached hydrogens (tertiary/aromatic N) is 2. The molecule has 4 rings (SSSR count). The second-order valence-electron chi connectivity index (χ2n) is 7.83. The summed E-state index contributed by atoms with van der Waals surface area (Å²) in [5, 5.41) is 12.8. The maximum Gasteiger partial charge on any atom is 0.471 e. The molecule has 1 saturated heterocycles. The van der Waals surface area contributed by atoms with Crippen LogP contribution in [0.3, 0.4) is 0 Å². The fourth-order valence-electron chi connectivity index (χ4n) is 3.71. The van der Waals surface area contributed by atoms with Crippen LogP contribution in [0, 0.1) is 0 Å². The number of aromatic nitrogens is 1. The summed E-state index contributed by atoms with van der Waals surface area (Å²) in [5.41, 5.74) is 3.60. The van der Waals surface area contributed by atoms with Crippen LogP contribution in [0.5, 0.6) is 0 Å². The SMILES string of the molecule is C=C(Nc1ccccc1N1CCC(NC(=O)C(F)(F)F)CC1)c1csc(Nc2ccsc2C=O)n1. The summed E-state index contributed by atoms with van der Waals surface area (Å²) in [4.78, 5) is 29.6. The molecule has 0 atom stereocenters. The maximum absolute atomic E-state index is 12.5. The van der Waals surface area contributed by atoms with Crippen molar-refractivity contribution < 1.29 is 22.8 Å². The molecule has 1 amide bonds. The number of carbonyl (C=O) groups excluding carboxylic acids is 2. The smallest absolute Gasteiger partial charge is 0.370 e. The van der Waals surface area contributed by atoms with Crippen molar-refractivity contribution in [3.8, 4) is 0 Å². The van der Waals surface area contributed by atoms with Crippen LogP contribution < -0.4 is 20.9 Å². The molecule has 184 valence electrons. The Morgan fingerprint density at radius 2 is 1.89 bits per heavy atom. The highest BCUT2D eigenvalue weighted by molar-refractivity contribution is 7.14. The van der Waals surface area contributed by atoms with Gasteiger partial charge in [-0.25, -0.2) is 4.98 Å². The van der Waals surface area contributed by atoms with Crippen molar-refractivity contribution in [2.24, 2.45) is 0 Å². The van der Waals surface area contributed by atoms with E-state index in [4.69, 9.17) is 0 Å². The van der Waals surface area contributed by atoms with Crippen LogP contribution in [0.2, 0.25) is 0 Å². The van der Waals surface area contributed by atoms with Gasteiger partial charge in [0.2, 0.25) is 0 Å². The van der Waals surface area contributed by atoms with E-state index >= 15 is 0 Å². The predicted octanol–water partition coefficient (Wildman–Crippen LogP) is 5.49. The number of hydrogen-bond acceptors (Lipinski definition) is 8. The number of thiazole rings is 1. The summed E-state index contributed by atoms with van der Waals surface area (Å²) in [6.07, 6.45) is -3.27. The lowest BCUT2D eigenvalue weighted by Gasteiger charge is -2.35. The molecule has 3 N–H and O–H groups in total. The number of anilines is 4. The number of benzene rings is 1.